The van der Waals surface area contributed by atoms with Crippen molar-refractivity contribution in [3.63, 3.8) is 0 Å². The Hall–Kier alpha value is 0.833. The summed E-state index contributed by atoms with van der Waals surface area (Å²) in [6, 6.07) is 0. The molecule has 0 rings (SSSR count). The zero-order valence-electron chi connectivity index (χ0n) is 8.81. The first-order valence-corrected chi connectivity index (χ1v) is 4.07. The normalized spacial score (nSPS) is 9.50. The van der Waals surface area contributed by atoms with Crippen molar-refractivity contribution in [1.82, 2.24) is 9.80 Å². The fourth-order valence-corrected chi connectivity index (χ4v) is 0.881. The van der Waals surface area contributed by atoms with Crippen molar-refractivity contribution in [2.24, 2.45) is 0 Å². The Morgan fingerprint density at radius 1 is 0.917 bits per heavy atom. The summed E-state index contributed by atoms with van der Waals surface area (Å²) in [7, 11) is 4.23. The monoisotopic (exact) mass is 243 g/mol. The Morgan fingerprint density at radius 2 is 1.33 bits per heavy atom. The van der Waals surface area contributed by atoms with E-state index < -0.39 is 0 Å². The molecule has 0 saturated heterocycles. The third kappa shape index (κ3) is 10.8. The number of hydrogen-bond acceptors (Lipinski definition) is 2. The number of rotatable bonds is 5. The van der Waals surface area contributed by atoms with Gasteiger partial charge >= 0.3 is 19.5 Å². The summed E-state index contributed by atoms with van der Waals surface area (Å²) < 4.78 is 0. The minimum absolute atomic E-state index is 0. The molecule has 4 heteroatoms. The first-order valence-electron chi connectivity index (χ1n) is 4.07. The van der Waals surface area contributed by atoms with Crippen LogP contribution in [0.1, 0.15) is 13.8 Å². The number of nitrogens with zero attached hydrogens (tertiary/aromatic N) is 2. The van der Waals surface area contributed by atoms with Gasteiger partial charge in [-0.3, -0.25) is 0 Å². The molecule has 0 aliphatic carbocycles. The minimum Gasteiger partial charge on any atom is -1.00 e. The van der Waals surface area contributed by atoms with E-state index in [1.807, 2.05) is 0 Å². The molecular formula is C8H20ClN2Zn+. The van der Waals surface area contributed by atoms with Gasteiger partial charge in [0, 0.05) is 13.1 Å². The Kier molecular flexibility index (Phi) is 18.3. The quantitative estimate of drug-likeness (QED) is 0.512. The smallest absolute Gasteiger partial charge is 1.00 e. The molecule has 0 spiro atoms. The van der Waals surface area contributed by atoms with Crippen molar-refractivity contribution in [3.8, 4) is 0 Å². The largest absolute Gasteiger partial charge is 2.00 e. The molecule has 0 aromatic rings. The second-order valence-corrected chi connectivity index (χ2v) is 2.83. The molecule has 0 aliphatic heterocycles. The molecule has 0 unspecified atom stereocenters. The molecule has 0 aromatic heterocycles. The van der Waals surface area contributed by atoms with E-state index in [0.717, 1.165) is 0 Å². The van der Waals surface area contributed by atoms with E-state index in [-0.39, 0.29) is 31.9 Å². The maximum absolute atomic E-state index is 2.43. The van der Waals surface area contributed by atoms with Gasteiger partial charge < -0.3 is 22.2 Å². The van der Waals surface area contributed by atoms with Crippen LogP contribution in [0.5, 0.6) is 0 Å². The molecule has 0 heterocycles. The van der Waals surface area contributed by atoms with Gasteiger partial charge in [-0.05, 0) is 27.2 Å². The van der Waals surface area contributed by atoms with Crippen LogP contribution in [0.4, 0.5) is 0 Å². The van der Waals surface area contributed by atoms with Crippen LogP contribution in [0.15, 0.2) is 0 Å². The van der Waals surface area contributed by atoms with Crippen LogP contribution in [-0.2, 0) is 19.5 Å². The van der Waals surface area contributed by atoms with Gasteiger partial charge in [0.15, 0.2) is 0 Å². The molecule has 0 aromatic carbocycles. The standard InChI is InChI=1S/C8H20N2.ClH.Zn/c1-5-10(6-2)8-7-9(3)4;;/h5-8H2,1-4H3;1H;/q;;+2/p-1. The van der Waals surface area contributed by atoms with Crippen molar-refractivity contribution in [2.45, 2.75) is 13.8 Å². The zero-order valence-corrected chi connectivity index (χ0v) is 12.5. The molecule has 0 amide bonds. The van der Waals surface area contributed by atoms with Gasteiger partial charge in [0.25, 0.3) is 0 Å². The van der Waals surface area contributed by atoms with Crippen LogP contribution in [0.2, 0.25) is 0 Å². The molecule has 0 aliphatic rings. The van der Waals surface area contributed by atoms with Gasteiger partial charge in [0.05, 0.1) is 0 Å². The van der Waals surface area contributed by atoms with Crippen molar-refractivity contribution in [3.05, 3.63) is 0 Å². The average molecular weight is 245 g/mol. The van der Waals surface area contributed by atoms with Crippen molar-refractivity contribution >= 4 is 0 Å². The number of hydrogen-bond donors (Lipinski definition) is 0. The van der Waals surface area contributed by atoms with E-state index in [9.17, 15) is 0 Å². The van der Waals surface area contributed by atoms with Crippen molar-refractivity contribution in [1.29, 1.82) is 0 Å². The van der Waals surface area contributed by atoms with Crippen LogP contribution < -0.4 is 12.4 Å². The molecule has 0 fully saturated rings. The Morgan fingerprint density at radius 3 is 1.58 bits per heavy atom. The molecule has 2 nitrogen and oxygen atoms in total. The molecule has 0 atom stereocenters. The molecule has 0 radical (unpaired) electrons. The SMILES string of the molecule is CCN(CC)CCN(C)C.[Cl-].[Zn+2]. The fourth-order valence-electron chi connectivity index (χ4n) is 0.881. The summed E-state index contributed by atoms with van der Waals surface area (Å²) in [6.07, 6.45) is 0. The Bertz CT molecular complexity index is 77.5. The minimum atomic E-state index is 0. The molecule has 70 valence electrons. The van der Waals surface area contributed by atoms with Crippen LogP contribution in [0.25, 0.3) is 0 Å². The molecule has 0 N–H and O–H groups in total. The van der Waals surface area contributed by atoms with Crippen LogP contribution in [0, 0.1) is 0 Å². The first kappa shape index (κ1) is 18.6. The fraction of sp³-hybridized carbons (Fsp3) is 1.00. The Labute approximate surface area is 95.8 Å². The van der Waals surface area contributed by atoms with E-state index in [1.165, 1.54) is 26.2 Å². The Balaban J connectivity index is -0.000000405. The van der Waals surface area contributed by atoms with Gasteiger partial charge in [-0.2, -0.15) is 0 Å². The van der Waals surface area contributed by atoms with E-state index in [0.29, 0.717) is 0 Å². The van der Waals surface area contributed by atoms with Gasteiger partial charge in [-0.25, -0.2) is 0 Å². The molecular weight excluding hydrogens is 225 g/mol. The van der Waals surface area contributed by atoms with Gasteiger partial charge in [-0.1, -0.05) is 13.8 Å². The van der Waals surface area contributed by atoms with Gasteiger partial charge in [0.2, 0.25) is 0 Å². The first-order chi connectivity index (χ1) is 4.70. The summed E-state index contributed by atoms with van der Waals surface area (Å²) in [5.41, 5.74) is 0. The second-order valence-electron chi connectivity index (χ2n) is 2.83. The van der Waals surface area contributed by atoms with E-state index in [4.69, 9.17) is 0 Å². The third-order valence-corrected chi connectivity index (χ3v) is 1.76. The predicted octanol–water partition coefficient (Wildman–Crippen LogP) is -2.11. The predicted molar refractivity (Wildman–Crippen MR) is 46.3 cm³/mol. The van der Waals surface area contributed by atoms with Crippen LogP contribution >= 0.6 is 0 Å². The second kappa shape index (κ2) is 11.8. The summed E-state index contributed by atoms with van der Waals surface area (Å²) in [4.78, 5) is 4.65. The number of halogens is 1. The molecule has 12 heavy (non-hydrogen) atoms. The number of likely N-dealkylation sites (N-methyl/N-ethyl adjacent to an activating group) is 2. The van der Waals surface area contributed by atoms with E-state index in [1.54, 1.807) is 0 Å². The van der Waals surface area contributed by atoms with Crippen molar-refractivity contribution < 1.29 is 31.9 Å². The summed E-state index contributed by atoms with van der Waals surface area (Å²) in [5, 5.41) is 0. The van der Waals surface area contributed by atoms with Crippen LogP contribution in [0.3, 0.4) is 0 Å². The third-order valence-electron chi connectivity index (χ3n) is 1.76. The summed E-state index contributed by atoms with van der Waals surface area (Å²) >= 11 is 0. The van der Waals surface area contributed by atoms with Crippen LogP contribution in [-0.4, -0.2) is 50.1 Å². The van der Waals surface area contributed by atoms with Gasteiger partial charge in [-0.15, -0.1) is 0 Å². The molecule has 0 saturated carbocycles. The maximum Gasteiger partial charge on any atom is 2.00 e. The topological polar surface area (TPSA) is 6.48 Å². The van der Waals surface area contributed by atoms with E-state index >= 15 is 0 Å². The zero-order chi connectivity index (χ0) is 7.98. The van der Waals surface area contributed by atoms with Crippen molar-refractivity contribution in [2.75, 3.05) is 40.3 Å². The average Bonchev–Trinajstić information content (AvgIpc) is 1.90. The maximum atomic E-state index is 2.43. The summed E-state index contributed by atoms with van der Waals surface area (Å²) in [6.45, 7) is 9.12. The molecule has 0 bridgehead atoms. The summed E-state index contributed by atoms with van der Waals surface area (Å²) in [5.74, 6) is 0. The van der Waals surface area contributed by atoms with E-state index in [2.05, 4.69) is 37.7 Å². The van der Waals surface area contributed by atoms with Gasteiger partial charge in [0.1, 0.15) is 0 Å².